The summed E-state index contributed by atoms with van der Waals surface area (Å²) < 4.78 is 0. The maximum atomic E-state index is 11.2. The summed E-state index contributed by atoms with van der Waals surface area (Å²) in [4.78, 5) is 11.2. The van der Waals surface area contributed by atoms with Gasteiger partial charge in [-0.05, 0) is 19.8 Å². The predicted octanol–water partition coefficient (Wildman–Crippen LogP) is 0.920. The molecule has 0 aromatic carbocycles. The van der Waals surface area contributed by atoms with Gasteiger partial charge in [-0.15, -0.1) is 0 Å². The van der Waals surface area contributed by atoms with Crippen LogP contribution in [0.5, 0.6) is 0 Å². The molecule has 0 saturated heterocycles. The van der Waals surface area contributed by atoms with E-state index in [1.807, 2.05) is 13.8 Å². The lowest BCUT2D eigenvalue weighted by atomic mass is 10.1. The zero-order chi connectivity index (χ0) is 9.56. The minimum atomic E-state index is -0.331. The highest BCUT2D eigenvalue weighted by atomic mass is 16.3. The normalized spacial score (nSPS) is 15.3. The second-order valence-corrected chi connectivity index (χ2v) is 3.24. The van der Waals surface area contributed by atoms with Gasteiger partial charge < -0.3 is 10.4 Å². The van der Waals surface area contributed by atoms with Crippen molar-refractivity contribution in [2.75, 3.05) is 6.54 Å². The zero-order valence-corrected chi connectivity index (χ0v) is 8.13. The standard InChI is InChI=1S/C9H19NO2/c1-4-7(2)9(12)10-6-5-8(3)11/h7-8,11H,4-6H2,1-3H3,(H,10,12). The summed E-state index contributed by atoms with van der Waals surface area (Å²) in [6.45, 7) is 6.17. The third kappa shape index (κ3) is 5.13. The van der Waals surface area contributed by atoms with Crippen LogP contribution in [0.4, 0.5) is 0 Å². The van der Waals surface area contributed by atoms with E-state index in [0.717, 1.165) is 6.42 Å². The fourth-order valence-corrected chi connectivity index (χ4v) is 0.764. The summed E-state index contributed by atoms with van der Waals surface area (Å²) in [5.41, 5.74) is 0. The molecule has 0 fully saturated rings. The van der Waals surface area contributed by atoms with E-state index in [9.17, 15) is 4.79 Å². The number of aliphatic hydroxyl groups is 1. The second kappa shape index (κ2) is 6.00. The first-order chi connectivity index (χ1) is 5.57. The van der Waals surface area contributed by atoms with Crippen LogP contribution in [-0.2, 0) is 4.79 Å². The van der Waals surface area contributed by atoms with Crippen molar-refractivity contribution in [3.63, 3.8) is 0 Å². The Labute approximate surface area is 74.2 Å². The first-order valence-corrected chi connectivity index (χ1v) is 4.53. The molecule has 0 saturated carbocycles. The quantitative estimate of drug-likeness (QED) is 0.649. The Morgan fingerprint density at radius 2 is 2.08 bits per heavy atom. The van der Waals surface area contributed by atoms with Gasteiger partial charge >= 0.3 is 0 Å². The number of hydrogen-bond donors (Lipinski definition) is 2. The highest BCUT2D eigenvalue weighted by molar-refractivity contribution is 5.78. The summed E-state index contributed by atoms with van der Waals surface area (Å²) >= 11 is 0. The van der Waals surface area contributed by atoms with Gasteiger partial charge in [-0.2, -0.15) is 0 Å². The molecular weight excluding hydrogens is 154 g/mol. The van der Waals surface area contributed by atoms with Gasteiger partial charge in [-0.3, -0.25) is 4.79 Å². The molecule has 0 spiro atoms. The second-order valence-electron chi connectivity index (χ2n) is 3.24. The molecule has 0 bridgehead atoms. The summed E-state index contributed by atoms with van der Waals surface area (Å²) in [5.74, 6) is 0.164. The molecule has 12 heavy (non-hydrogen) atoms. The molecule has 0 aliphatic rings. The maximum Gasteiger partial charge on any atom is 0.222 e. The fourth-order valence-electron chi connectivity index (χ4n) is 0.764. The Morgan fingerprint density at radius 1 is 1.50 bits per heavy atom. The average molecular weight is 173 g/mol. The Morgan fingerprint density at radius 3 is 2.50 bits per heavy atom. The van der Waals surface area contributed by atoms with E-state index in [-0.39, 0.29) is 17.9 Å². The summed E-state index contributed by atoms with van der Waals surface area (Å²) in [6, 6.07) is 0. The summed E-state index contributed by atoms with van der Waals surface area (Å²) in [7, 11) is 0. The smallest absolute Gasteiger partial charge is 0.222 e. The van der Waals surface area contributed by atoms with E-state index in [1.54, 1.807) is 6.92 Å². The molecule has 1 amide bonds. The van der Waals surface area contributed by atoms with Gasteiger partial charge in [0.05, 0.1) is 6.10 Å². The molecule has 0 aromatic rings. The molecule has 0 radical (unpaired) electrons. The van der Waals surface area contributed by atoms with Gasteiger partial charge in [0.1, 0.15) is 0 Å². The SMILES string of the molecule is CCC(C)C(=O)NCCC(C)O. The Hall–Kier alpha value is -0.570. The lowest BCUT2D eigenvalue weighted by Crippen LogP contribution is -2.30. The minimum absolute atomic E-state index is 0.0816. The van der Waals surface area contributed by atoms with Gasteiger partial charge in [0.2, 0.25) is 5.91 Å². The van der Waals surface area contributed by atoms with Crippen molar-refractivity contribution in [3.05, 3.63) is 0 Å². The topological polar surface area (TPSA) is 49.3 Å². The molecular formula is C9H19NO2. The van der Waals surface area contributed by atoms with Crippen LogP contribution in [0.1, 0.15) is 33.6 Å². The van der Waals surface area contributed by atoms with Crippen LogP contribution in [0, 0.1) is 5.92 Å². The van der Waals surface area contributed by atoms with Crippen LogP contribution in [0.25, 0.3) is 0 Å². The van der Waals surface area contributed by atoms with Crippen molar-refractivity contribution in [2.24, 2.45) is 5.92 Å². The Kier molecular flexibility index (Phi) is 5.72. The van der Waals surface area contributed by atoms with Crippen molar-refractivity contribution in [1.82, 2.24) is 5.32 Å². The number of amides is 1. The molecule has 3 heteroatoms. The number of rotatable bonds is 5. The van der Waals surface area contributed by atoms with Crippen LogP contribution < -0.4 is 5.32 Å². The van der Waals surface area contributed by atoms with Gasteiger partial charge in [0.25, 0.3) is 0 Å². The number of nitrogens with one attached hydrogen (secondary N) is 1. The number of aliphatic hydroxyl groups excluding tert-OH is 1. The monoisotopic (exact) mass is 173 g/mol. The number of carbonyl (C=O) groups is 1. The summed E-state index contributed by atoms with van der Waals surface area (Å²) in [6.07, 6.45) is 1.16. The highest BCUT2D eigenvalue weighted by Crippen LogP contribution is 1.99. The largest absolute Gasteiger partial charge is 0.393 e. The lowest BCUT2D eigenvalue weighted by Gasteiger charge is -2.10. The molecule has 0 heterocycles. The Balaban J connectivity index is 3.44. The van der Waals surface area contributed by atoms with Crippen molar-refractivity contribution in [1.29, 1.82) is 0 Å². The fraction of sp³-hybridized carbons (Fsp3) is 0.889. The van der Waals surface area contributed by atoms with Gasteiger partial charge in [0.15, 0.2) is 0 Å². The molecule has 72 valence electrons. The van der Waals surface area contributed by atoms with Crippen LogP contribution in [0.3, 0.4) is 0 Å². The van der Waals surface area contributed by atoms with Gasteiger partial charge in [0, 0.05) is 12.5 Å². The number of hydrogen-bond acceptors (Lipinski definition) is 2. The molecule has 0 aliphatic heterocycles. The minimum Gasteiger partial charge on any atom is -0.393 e. The molecule has 0 rings (SSSR count). The van der Waals surface area contributed by atoms with Gasteiger partial charge in [-0.1, -0.05) is 13.8 Å². The van der Waals surface area contributed by atoms with Crippen LogP contribution in [0.2, 0.25) is 0 Å². The van der Waals surface area contributed by atoms with E-state index in [2.05, 4.69) is 5.32 Å². The molecule has 0 aromatic heterocycles. The average Bonchev–Trinajstić information content (AvgIpc) is 2.02. The lowest BCUT2D eigenvalue weighted by molar-refractivity contribution is -0.124. The van der Waals surface area contributed by atoms with Crippen LogP contribution in [0.15, 0.2) is 0 Å². The maximum absolute atomic E-state index is 11.2. The molecule has 2 atom stereocenters. The molecule has 2 unspecified atom stereocenters. The first kappa shape index (κ1) is 11.4. The van der Waals surface area contributed by atoms with Crippen LogP contribution in [-0.4, -0.2) is 23.7 Å². The van der Waals surface area contributed by atoms with Crippen molar-refractivity contribution < 1.29 is 9.90 Å². The third-order valence-corrected chi connectivity index (χ3v) is 1.92. The highest BCUT2D eigenvalue weighted by Gasteiger charge is 2.08. The van der Waals surface area contributed by atoms with E-state index in [0.29, 0.717) is 13.0 Å². The van der Waals surface area contributed by atoms with E-state index in [4.69, 9.17) is 5.11 Å². The molecule has 3 nitrogen and oxygen atoms in total. The third-order valence-electron chi connectivity index (χ3n) is 1.92. The summed E-state index contributed by atoms with van der Waals surface area (Å²) in [5, 5.41) is 11.7. The molecule has 2 N–H and O–H groups in total. The van der Waals surface area contributed by atoms with Crippen molar-refractivity contribution >= 4 is 5.91 Å². The van der Waals surface area contributed by atoms with E-state index >= 15 is 0 Å². The van der Waals surface area contributed by atoms with E-state index in [1.165, 1.54) is 0 Å². The van der Waals surface area contributed by atoms with Crippen LogP contribution >= 0.6 is 0 Å². The number of carbonyl (C=O) groups excluding carboxylic acids is 1. The van der Waals surface area contributed by atoms with Crippen molar-refractivity contribution in [2.45, 2.75) is 39.7 Å². The van der Waals surface area contributed by atoms with Gasteiger partial charge in [-0.25, -0.2) is 0 Å². The van der Waals surface area contributed by atoms with Crippen molar-refractivity contribution in [3.8, 4) is 0 Å². The van der Waals surface area contributed by atoms with E-state index < -0.39 is 0 Å². The first-order valence-electron chi connectivity index (χ1n) is 4.53. The predicted molar refractivity (Wildman–Crippen MR) is 48.8 cm³/mol. The zero-order valence-electron chi connectivity index (χ0n) is 8.13. The Bertz CT molecular complexity index is 134. The molecule has 0 aliphatic carbocycles.